The van der Waals surface area contributed by atoms with Gasteiger partial charge in [0.15, 0.2) is 0 Å². The van der Waals surface area contributed by atoms with E-state index in [2.05, 4.69) is 6.92 Å². The van der Waals surface area contributed by atoms with Gasteiger partial charge in [0.2, 0.25) is 0 Å². The highest BCUT2D eigenvalue weighted by atomic mass is 16.6. The summed E-state index contributed by atoms with van der Waals surface area (Å²) in [6.07, 6.45) is 1.04. The molecule has 1 aromatic rings. The van der Waals surface area contributed by atoms with Gasteiger partial charge in [-0.2, -0.15) is 0 Å². The summed E-state index contributed by atoms with van der Waals surface area (Å²) in [5.41, 5.74) is 6.32. The van der Waals surface area contributed by atoms with E-state index in [9.17, 15) is 0 Å². The van der Waals surface area contributed by atoms with Crippen LogP contribution in [0.15, 0.2) is 24.3 Å². The third kappa shape index (κ3) is 11.8. The Kier molecular flexibility index (Phi) is 12.2. The van der Waals surface area contributed by atoms with Crippen molar-refractivity contribution in [1.82, 2.24) is 0 Å². The second kappa shape index (κ2) is 14.3. The summed E-state index contributed by atoms with van der Waals surface area (Å²) in [4.78, 5) is 0. The second-order valence-corrected chi connectivity index (χ2v) is 4.87. The van der Waals surface area contributed by atoms with Crippen molar-refractivity contribution in [2.24, 2.45) is 0 Å². The predicted molar refractivity (Wildman–Crippen MR) is 89.9 cm³/mol. The fourth-order valence-corrected chi connectivity index (χ4v) is 1.69. The van der Waals surface area contributed by atoms with Crippen molar-refractivity contribution < 1.29 is 23.7 Å². The maximum absolute atomic E-state index is 5.60. The average Bonchev–Trinajstić information content (AvgIpc) is 2.57. The fourth-order valence-electron chi connectivity index (χ4n) is 1.69. The van der Waals surface area contributed by atoms with Crippen LogP contribution in [0.5, 0.6) is 5.75 Å². The van der Waals surface area contributed by atoms with Gasteiger partial charge in [-0.1, -0.05) is 6.92 Å². The van der Waals surface area contributed by atoms with Crippen molar-refractivity contribution in [2.75, 3.05) is 65.2 Å². The van der Waals surface area contributed by atoms with Gasteiger partial charge in [0.05, 0.1) is 46.2 Å². The standard InChI is InChI=1S/C17H29NO5/c1-2-7-19-8-9-20-10-11-21-12-13-22-14-15-23-17-5-3-16(18)4-6-17/h3-6H,2,7-15,18H2,1H3. The third-order valence-corrected chi connectivity index (χ3v) is 2.84. The highest BCUT2D eigenvalue weighted by molar-refractivity contribution is 5.41. The Morgan fingerprint density at radius 3 is 1.57 bits per heavy atom. The van der Waals surface area contributed by atoms with Gasteiger partial charge in [0.25, 0.3) is 0 Å². The highest BCUT2D eigenvalue weighted by Crippen LogP contribution is 2.12. The summed E-state index contributed by atoms with van der Waals surface area (Å²) in [7, 11) is 0. The first kappa shape index (κ1) is 19.7. The SMILES string of the molecule is CCCOCCOCCOCCOCCOc1ccc(N)cc1. The minimum atomic E-state index is 0.505. The van der Waals surface area contributed by atoms with Crippen molar-refractivity contribution in [2.45, 2.75) is 13.3 Å². The molecule has 6 heteroatoms. The van der Waals surface area contributed by atoms with Crippen LogP contribution in [0.3, 0.4) is 0 Å². The number of rotatable bonds is 15. The van der Waals surface area contributed by atoms with Gasteiger partial charge >= 0.3 is 0 Å². The number of ether oxygens (including phenoxy) is 5. The van der Waals surface area contributed by atoms with Crippen LogP contribution >= 0.6 is 0 Å². The molecule has 6 nitrogen and oxygen atoms in total. The molecule has 1 rings (SSSR count). The molecule has 0 aliphatic rings. The molecule has 23 heavy (non-hydrogen) atoms. The number of hydrogen-bond acceptors (Lipinski definition) is 6. The Balaban J connectivity index is 1.77. The van der Waals surface area contributed by atoms with Crippen molar-refractivity contribution in [3.8, 4) is 5.75 Å². The van der Waals surface area contributed by atoms with E-state index in [0.29, 0.717) is 52.9 Å². The largest absolute Gasteiger partial charge is 0.491 e. The molecule has 132 valence electrons. The predicted octanol–water partition coefficient (Wildman–Crippen LogP) is 2.12. The summed E-state index contributed by atoms with van der Waals surface area (Å²) >= 11 is 0. The molecular formula is C17H29NO5. The van der Waals surface area contributed by atoms with E-state index in [4.69, 9.17) is 29.4 Å². The van der Waals surface area contributed by atoms with E-state index >= 15 is 0 Å². The molecule has 1 aromatic carbocycles. The van der Waals surface area contributed by atoms with Gasteiger partial charge in [0, 0.05) is 12.3 Å². The Morgan fingerprint density at radius 2 is 1.09 bits per heavy atom. The Morgan fingerprint density at radius 1 is 0.652 bits per heavy atom. The quantitative estimate of drug-likeness (QED) is 0.393. The van der Waals surface area contributed by atoms with E-state index in [-0.39, 0.29) is 0 Å². The van der Waals surface area contributed by atoms with Gasteiger partial charge in [0.1, 0.15) is 12.4 Å². The lowest BCUT2D eigenvalue weighted by Crippen LogP contribution is -2.13. The third-order valence-electron chi connectivity index (χ3n) is 2.84. The lowest BCUT2D eigenvalue weighted by molar-refractivity contribution is -0.00450. The van der Waals surface area contributed by atoms with Gasteiger partial charge < -0.3 is 29.4 Å². The number of nitrogens with two attached hydrogens (primary N) is 1. The molecule has 0 aliphatic carbocycles. The van der Waals surface area contributed by atoms with Gasteiger partial charge in [-0.05, 0) is 30.7 Å². The van der Waals surface area contributed by atoms with E-state index in [1.165, 1.54) is 0 Å². The maximum Gasteiger partial charge on any atom is 0.119 e. The van der Waals surface area contributed by atoms with E-state index in [1.807, 2.05) is 24.3 Å². The van der Waals surface area contributed by atoms with E-state index in [0.717, 1.165) is 24.5 Å². The second-order valence-electron chi connectivity index (χ2n) is 4.87. The number of hydrogen-bond donors (Lipinski definition) is 1. The maximum atomic E-state index is 5.60. The molecule has 0 aliphatic heterocycles. The molecule has 0 radical (unpaired) electrons. The summed E-state index contributed by atoms with van der Waals surface area (Å²) in [5, 5.41) is 0. The number of nitrogen functional groups attached to an aromatic ring is 1. The van der Waals surface area contributed by atoms with Crippen LogP contribution in [-0.4, -0.2) is 59.5 Å². The zero-order valence-electron chi connectivity index (χ0n) is 14.0. The van der Waals surface area contributed by atoms with Crippen LogP contribution in [0.4, 0.5) is 5.69 Å². The minimum Gasteiger partial charge on any atom is -0.491 e. The Bertz CT molecular complexity index is 372. The van der Waals surface area contributed by atoms with Gasteiger partial charge in [-0.25, -0.2) is 0 Å². The molecule has 0 aromatic heterocycles. The smallest absolute Gasteiger partial charge is 0.119 e. The molecule has 2 N–H and O–H groups in total. The van der Waals surface area contributed by atoms with Crippen molar-refractivity contribution in [3.05, 3.63) is 24.3 Å². The van der Waals surface area contributed by atoms with Crippen LogP contribution in [-0.2, 0) is 18.9 Å². The van der Waals surface area contributed by atoms with Crippen LogP contribution in [0.1, 0.15) is 13.3 Å². The summed E-state index contributed by atoms with van der Waals surface area (Å²) in [6, 6.07) is 7.29. The summed E-state index contributed by atoms with van der Waals surface area (Å²) in [6.45, 7) is 7.41. The zero-order chi connectivity index (χ0) is 16.6. The van der Waals surface area contributed by atoms with Crippen molar-refractivity contribution in [1.29, 1.82) is 0 Å². The van der Waals surface area contributed by atoms with Crippen LogP contribution in [0, 0.1) is 0 Å². The molecule has 0 unspecified atom stereocenters. The van der Waals surface area contributed by atoms with Crippen molar-refractivity contribution >= 4 is 5.69 Å². The molecule has 0 heterocycles. The molecule has 0 fully saturated rings. The zero-order valence-corrected chi connectivity index (χ0v) is 14.0. The molecule has 0 spiro atoms. The molecule has 0 amide bonds. The van der Waals surface area contributed by atoms with Crippen LogP contribution in [0.25, 0.3) is 0 Å². The first-order chi connectivity index (χ1) is 11.3. The lowest BCUT2D eigenvalue weighted by atomic mass is 10.3. The normalized spacial score (nSPS) is 10.8. The molecular weight excluding hydrogens is 298 g/mol. The molecule has 0 bridgehead atoms. The van der Waals surface area contributed by atoms with Gasteiger partial charge in [-0.3, -0.25) is 0 Å². The number of anilines is 1. The summed E-state index contributed by atoms with van der Waals surface area (Å²) < 4.78 is 27.0. The van der Waals surface area contributed by atoms with Crippen LogP contribution < -0.4 is 10.5 Å². The molecule has 0 atom stereocenters. The Hall–Kier alpha value is -1.34. The Labute approximate surface area is 138 Å². The van der Waals surface area contributed by atoms with Crippen LogP contribution in [0.2, 0.25) is 0 Å². The monoisotopic (exact) mass is 327 g/mol. The molecule has 0 saturated heterocycles. The summed E-state index contributed by atoms with van der Waals surface area (Å²) in [5.74, 6) is 0.791. The molecule has 0 saturated carbocycles. The highest BCUT2D eigenvalue weighted by Gasteiger charge is 1.95. The average molecular weight is 327 g/mol. The lowest BCUT2D eigenvalue weighted by Gasteiger charge is -2.08. The topological polar surface area (TPSA) is 72.2 Å². The van der Waals surface area contributed by atoms with E-state index < -0.39 is 0 Å². The van der Waals surface area contributed by atoms with E-state index in [1.54, 1.807) is 0 Å². The van der Waals surface area contributed by atoms with Gasteiger partial charge in [-0.15, -0.1) is 0 Å². The number of benzene rings is 1. The minimum absolute atomic E-state index is 0.505. The van der Waals surface area contributed by atoms with Crippen molar-refractivity contribution in [3.63, 3.8) is 0 Å². The fraction of sp³-hybridized carbons (Fsp3) is 0.647. The first-order valence-corrected chi connectivity index (χ1v) is 8.12. The first-order valence-electron chi connectivity index (χ1n) is 8.12.